The summed E-state index contributed by atoms with van der Waals surface area (Å²) in [6, 6.07) is 2.66. The maximum atomic E-state index is 10.5. The van der Waals surface area contributed by atoms with Gasteiger partial charge in [-0.05, 0) is 0 Å². The van der Waals surface area contributed by atoms with E-state index in [1.54, 1.807) is 24.0 Å². The van der Waals surface area contributed by atoms with Crippen LogP contribution in [0.25, 0.3) is 0 Å². The highest BCUT2D eigenvalue weighted by Gasteiger charge is 2.09. The normalized spacial score (nSPS) is 10.5. The van der Waals surface area contributed by atoms with E-state index in [1.807, 2.05) is 0 Å². The van der Waals surface area contributed by atoms with Gasteiger partial charge in [0.15, 0.2) is 12.4 Å². The van der Waals surface area contributed by atoms with Crippen LogP contribution in [0.3, 0.4) is 0 Å². The quantitative estimate of drug-likeness (QED) is 0.482. The van der Waals surface area contributed by atoms with Gasteiger partial charge in [-0.15, -0.1) is 0 Å². The smallest absolute Gasteiger partial charge is 0.294 e. The van der Waals surface area contributed by atoms with Crippen molar-refractivity contribution in [2.45, 2.75) is 4.90 Å². The summed E-state index contributed by atoms with van der Waals surface area (Å²) in [7, 11) is -2.28. The number of hydrogen-bond acceptors (Lipinski definition) is 3. The van der Waals surface area contributed by atoms with Crippen molar-refractivity contribution in [1.82, 2.24) is 0 Å². The number of hydrogen-bond donors (Lipinski definition) is 1. The molecule has 1 rings (SSSR count). The summed E-state index contributed by atoms with van der Waals surface area (Å²) in [5.41, 5.74) is 0. The van der Waals surface area contributed by atoms with Crippen LogP contribution in [0.5, 0.6) is 0 Å². The molecule has 2 N–H and O–H groups in total. The molecule has 0 aliphatic heterocycles. The van der Waals surface area contributed by atoms with E-state index in [1.165, 1.54) is 12.1 Å². The summed E-state index contributed by atoms with van der Waals surface area (Å²) in [4.78, 5) is -0.0874. The van der Waals surface area contributed by atoms with Crippen LogP contribution in [0.15, 0.2) is 29.4 Å². The molecule has 12 heavy (non-hydrogen) atoms. The molecule has 0 spiro atoms. The molecule has 0 atom stereocenters. The van der Waals surface area contributed by atoms with Gasteiger partial charge in [-0.3, -0.25) is 4.55 Å². The van der Waals surface area contributed by atoms with E-state index < -0.39 is 10.1 Å². The monoisotopic (exact) mass is 191 g/mol. The first kappa shape index (κ1) is 11.0. The van der Waals surface area contributed by atoms with Crippen molar-refractivity contribution in [3.63, 3.8) is 0 Å². The zero-order valence-corrected chi connectivity index (χ0v) is 7.19. The van der Waals surface area contributed by atoms with E-state index >= 15 is 0 Å². The highest BCUT2D eigenvalue weighted by molar-refractivity contribution is 7.85. The van der Waals surface area contributed by atoms with E-state index in [2.05, 4.69) is 0 Å². The third-order valence-electron chi connectivity index (χ3n) is 1.25. The Balaban J connectivity index is 0.00000121. The van der Waals surface area contributed by atoms with Crippen LogP contribution in [-0.4, -0.2) is 18.4 Å². The van der Waals surface area contributed by atoms with Crippen LogP contribution < -0.4 is 4.57 Å². The lowest BCUT2D eigenvalue weighted by atomic mass is 10.5. The summed E-state index contributed by atoms with van der Waals surface area (Å²) >= 11 is 0. The highest BCUT2D eigenvalue weighted by atomic mass is 32.2. The van der Waals surface area contributed by atoms with E-state index in [-0.39, 0.29) is 10.4 Å². The predicted octanol–water partition coefficient (Wildman–Crippen LogP) is -0.419. The molecule has 5 nitrogen and oxygen atoms in total. The Morgan fingerprint density at radius 3 is 2.08 bits per heavy atom. The van der Waals surface area contributed by atoms with Gasteiger partial charge in [0.1, 0.15) is 11.9 Å². The number of nitrogens with zero attached hydrogens (tertiary/aromatic N) is 1. The molecule has 0 fully saturated rings. The molecule has 68 valence electrons. The average Bonchev–Trinajstić information content (AvgIpc) is 1.86. The molecule has 1 aromatic heterocycles. The lowest BCUT2D eigenvalue weighted by molar-refractivity contribution is -0.671. The average molecular weight is 191 g/mol. The molecular weight excluding hydrogens is 182 g/mol. The Morgan fingerprint density at radius 1 is 1.33 bits per heavy atom. The van der Waals surface area contributed by atoms with Gasteiger partial charge >= 0.3 is 0 Å². The summed E-state index contributed by atoms with van der Waals surface area (Å²) in [6.45, 7) is 0. The van der Waals surface area contributed by atoms with Crippen molar-refractivity contribution in [3.05, 3.63) is 24.5 Å². The number of pyridine rings is 1. The largest absolute Gasteiger partial charge is 0.870 e. The number of aromatic nitrogens is 1. The van der Waals surface area contributed by atoms with Gasteiger partial charge in [-0.2, -0.15) is 8.42 Å². The third kappa shape index (κ3) is 2.57. The zero-order valence-electron chi connectivity index (χ0n) is 6.38. The van der Waals surface area contributed by atoms with Crippen LogP contribution in [0, 0.1) is 0 Å². The minimum atomic E-state index is -4.03. The van der Waals surface area contributed by atoms with Gasteiger partial charge in [0.2, 0.25) is 0 Å². The molecule has 0 saturated carbocycles. The number of rotatable bonds is 1. The van der Waals surface area contributed by atoms with Gasteiger partial charge in [-0.1, -0.05) is 0 Å². The van der Waals surface area contributed by atoms with Crippen LogP contribution in [0.1, 0.15) is 0 Å². The highest BCUT2D eigenvalue weighted by Crippen LogP contribution is 2.02. The van der Waals surface area contributed by atoms with E-state index in [9.17, 15) is 8.42 Å². The number of aryl methyl sites for hydroxylation is 1. The van der Waals surface area contributed by atoms with Crippen molar-refractivity contribution in [2.24, 2.45) is 7.05 Å². The Morgan fingerprint density at radius 2 is 1.75 bits per heavy atom. The standard InChI is InChI=1S/C6H7NO3S.H2O/c1-7-4-2-6(3-5-7)11(8,9)10;/h2-5H,1H3;1H2. The minimum absolute atomic E-state index is 0. The molecule has 1 heterocycles. The van der Waals surface area contributed by atoms with Gasteiger partial charge in [0.05, 0.1) is 0 Å². The van der Waals surface area contributed by atoms with E-state index in [0.717, 1.165) is 0 Å². The first-order valence-corrected chi connectivity index (χ1v) is 4.37. The molecule has 0 saturated heterocycles. The lowest BCUT2D eigenvalue weighted by Gasteiger charge is -1.92. The Labute approximate surface area is 70.3 Å². The summed E-state index contributed by atoms with van der Waals surface area (Å²) < 4.78 is 31.2. The lowest BCUT2D eigenvalue weighted by Crippen LogP contribution is -2.26. The fourth-order valence-corrected chi connectivity index (χ4v) is 1.12. The summed E-state index contributed by atoms with van der Waals surface area (Å²) in [5.74, 6) is 0. The molecule has 0 unspecified atom stereocenters. The molecule has 0 aromatic carbocycles. The molecule has 0 amide bonds. The maximum Gasteiger partial charge on any atom is 0.294 e. The molecule has 0 radical (unpaired) electrons. The van der Waals surface area contributed by atoms with Crippen molar-refractivity contribution in [3.8, 4) is 0 Å². The first-order valence-electron chi connectivity index (χ1n) is 2.93. The zero-order chi connectivity index (χ0) is 8.48. The Kier molecular flexibility index (Phi) is 3.32. The van der Waals surface area contributed by atoms with Crippen molar-refractivity contribution >= 4 is 10.1 Å². The molecule has 0 aliphatic carbocycles. The topological polar surface area (TPSA) is 88.2 Å². The van der Waals surface area contributed by atoms with Gasteiger partial charge < -0.3 is 5.48 Å². The molecule has 6 heteroatoms. The van der Waals surface area contributed by atoms with Crippen molar-refractivity contribution in [2.75, 3.05) is 0 Å². The van der Waals surface area contributed by atoms with Gasteiger partial charge in [0.25, 0.3) is 10.1 Å². The Bertz CT molecular complexity index is 342. The van der Waals surface area contributed by atoms with E-state index in [4.69, 9.17) is 4.55 Å². The minimum Gasteiger partial charge on any atom is -0.870 e. The second kappa shape index (κ2) is 3.61. The fourth-order valence-electron chi connectivity index (χ4n) is 0.659. The second-order valence-corrected chi connectivity index (χ2v) is 3.60. The molecule has 0 aliphatic rings. The van der Waals surface area contributed by atoms with Crippen LogP contribution in [0.2, 0.25) is 0 Å². The SMILES string of the molecule is C[n+]1ccc(S(=O)(=O)O)cc1.[OH-]. The predicted molar refractivity (Wildman–Crippen MR) is 39.4 cm³/mol. The first-order chi connectivity index (χ1) is 5.00. The van der Waals surface area contributed by atoms with Crippen LogP contribution in [0.4, 0.5) is 0 Å². The van der Waals surface area contributed by atoms with Crippen molar-refractivity contribution < 1.29 is 23.0 Å². The molecule has 1 aromatic rings. The summed E-state index contributed by atoms with van der Waals surface area (Å²) in [5, 5.41) is 0. The van der Waals surface area contributed by atoms with Crippen LogP contribution >= 0.6 is 0 Å². The van der Waals surface area contributed by atoms with Crippen molar-refractivity contribution in [1.29, 1.82) is 0 Å². The summed E-state index contributed by atoms with van der Waals surface area (Å²) in [6.07, 6.45) is 3.09. The van der Waals surface area contributed by atoms with Gasteiger partial charge in [-0.25, -0.2) is 4.57 Å². The fraction of sp³-hybridized carbons (Fsp3) is 0.167. The maximum absolute atomic E-state index is 10.5. The van der Waals surface area contributed by atoms with Gasteiger partial charge in [0, 0.05) is 12.1 Å². The van der Waals surface area contributed by atoms with Crippen LogP contribution in [-0.2, 0) is 17.2 Å². The Hall–Kier alpha value is -0.980. The van der Waals surface area contributed by atoms with E-state index in [0.29, 0.717) is 0 Å². The third-order valence-corrected chi connectivity index (χ3v) is 2.11. The second-order valence-electron chi connectivity index (χ2n) is 2.17. The molecular formula is C6H9NO4S. The molecule has 0 bridgehead atoms.